The van der Waals surface area contributed by atoms with Crippen LogP contribution in [0.5, 0.6) is 11.5 Å². The first-order valence-electron chi connectivity index (χ1n) is 7.35. The van der Waals surface area contributed by atoms with Crippen molar-refractivity contribution in [2.75, 3.05) is 14.2 Å². The summed E-state index contributed by atoms with van der Waals surface area (Å²) in [6, 6.07) is 5.91. The van der Waals surface area contributed by atoms with Gasteiger partial charge in [0.1, 0.15) is 5.01 Å². The van der Waals surface area contributed by atoms with Gasteiger partial charge in [-0.25, -0.2) is 0 Å². The van der Waals surface area contributed by atoms with E-state index < -0.39 is 0 Å². The summed E-state index contributed by atoms with van der Waals surface area (Å²) in [4.78, 5) is 0.824. The summed E-state index contributed by atoms with van der Waals surface area (Å²) >= 11 is 1.56. The summed E-state index contributed by atoms with van der Waals surface area (Å²) in [6.45, 7) is 6.32. The predicted octanol–water partition coefficient (Wildman–Crippen LogP) is 3.09. The number of nitrogens with zero attached hydrogens (tertiary/aromatic N) is 4. The topological polar surface area (TPSA) is 61.5 Å². The number of benzene rings is 1. The van der Waals surface area contributed by atoms with Crippen LogP contribution in [0.15, 0.2) is 18.2 Å². The lowest BCUT2D eigenvalue weighted by Crippen LogP contribution is -2.16. The molecule has 0 spiro atoms. The van der Waals surface area contributed by atoms with Crippen molar-refractivity contribution >= 4 is 16.3 Å². The second-order valence-electron chi connectivity index (χ2n) is 6.33. The quantitative estimate of drug-likeness (QED) is 0.735. The third-order valence-electron chi connectivity index (χ3n) is 3.51. The van der Waals surface area contributed by atoms with Crippen LogP contribution in [0, 0.1) is 0 Å². The minimum Gasteiger partial charge on any atom is -0.493 e. The van der Waals surface area contributed by atoms with Crippen molar-refractivity contribution in [3.8, 4) is 11.5 Å². The number of hydrogen-bond donors (Lipinski definition) is 0. The third-order valence-corrected chi connectivity index (χ3v) is 4.41. The SMILES string of the molecule is COc1ccc(Cc2nn3c(C(C)(C)C)nnc3s2)cc1OC. The van der Waals surface area contributed by atoms with Gasteiger partial charge in [-0.2, -0.15) is 9.61 Å². The van der Waals surface area contributed by atoms with Crippen molar-refractivity contribution < 1.29 is 9.47 Å². The van der Waals surface area contributed by atoms with E-state index in [0.717, 1.165) is 39.3 Å². The lowest BCUT2D eigenvalue weighted by Gasteiger charge is -2.13. The van der Waals surface area contributed by atoms with E-state index in [2.05, 4.69) is 36.1 Å². The Bertz CT molecular complexity index is 832. The molecule has 6 nitrogen and oxygen atoms in total. The number of hydrogen-bond acceptors (Lipinski definition) is 6. The molecule has 0 unspecified atom stereocenters. The predicted molar refractivity (Wildman–Crippen MR) is 89.7 cm³/mol. The molecule has 0 saturated carbocycles. The van der Waals surface area contributed by atoms with Gasteiger partial charge < -0.3 is 9.47 Å². The Morgan fingerprint density at radius 1 is 1.09 bits per heavy atom. The van der Waals surface area contributed by atoms with Crippen LogP contribution >= 0.6 is 11.3 Å². The van der Waals surface area contributed by atoms with Crippen molar-refractivity contribution in [3.05, 3.63) is 34.6 Å². The van der Waals surface area contributed by atoms with Crippen LogP contribution < -0.4 is 9.47 Å². The zero-order valence-electron chi connectivity index (χ0n) is 14.0. The minimum atomic E-state index is -0.0892. The molecule has 23 heavy (non-hydrogen) atoms. The van der Waals surface area contributed by atoms with Crippen LogP contribution in [-0.4, -0.2) is 34.0 Å². The van der Waals surface area contributed by atoms with Crippen molar-refractivity contribution in [1.29, 1.82) is 0 Å². The molecule has 7 heteroatoms. The van der Waals surface area contributed by atoms with E-state index in [9.17, 15) is 0 Å². The molecule has 3 aromatic rings. The summed E-state index contributed by atoms with van der Waals surface area (Å²) in [6.07, 6.45) is 0.720. The summed E-state index contributed by atoms with van der Waals surface area (Å²) in [7, 11) is 3.27. The number of rotatable bonds is 4. The molecule has 2 aromatic heterocycles. The number of methoxy groups -OCH3 is 2. The molecule has 0 saturated heterocycles. The molecule has 122 valence electrons. The first kappa shape index (κ1) is 15.7. The van der Waals surface area contributed by atoms with Gasteiger partial charge >= 0.3 is 0 Å². The fourth-order valence-corrected chi connectivity index (χ4v) is 3.23. The number of aromatic nitrogens is 4. The second-order valence-corrected chi connectivity index (χ2v) is 7.37. The highest BCUT2D eigenvalue weighted by Gasteiger charge is 2.23. The van der Waals surface area contributed by atoms with E-state index in [-0.39, 0.29) is 5.41 Å². The molecule has 0 aliphatic rings. The van der Waals surface area contributed by atoms with Gasteiger partial charge in [-0.3, -0.25) is 0 Å². The van der Waals surface area contributed by atoms with Gasteiger partial charge in [0.25, 0.3) is 0 Å². The highest BCUT2D eigenvalue weighted by atomic mass is 32.1. The van der Waals surface area contributed by atoms with Gasteiger partial charge in [-0.05, 0) is 17.7 Å². The van der Waals surface area contributed by atoms with E-state index in [0.29, 0.717) is 0 Å². The van der Waals surface area contributed by atoms with Gasteiger partial charge in [0, 0.05) is 11.8 Å². The minimum absolute atomic E-state index is 0.0892. The maximum Gasteiger partial charge on any atom is 0.234 e. The molecule has 0 fully saturated rings. The Kier molecular flexibility index (Phi) is 3.97. The lowest BCUT2D eigenvalue weighted by atomic mass is 9.96. The second kappa shape index (κ2) is 5.81. The Morgan fingerprint density at radius 2 is 1.83 bits per heavy atom. The average Bonchev–Trinajstić information content (AvgIpc) is 3.05. The molecule has 0 aliphatic heterocycles. The number of ether oxygens (including phenoxy) is 2. The van der Waals surface area contributed by atoms with Crippen molar-refractivity contribution in [2.24, 2.45) is 0 Å². The van der Waals surface area contributed by atoms with Crippen molar-refractivity contribution in [3.63, 3.8) is 0 Å². The van der Waals surface area contributed by atoms with Crippen molar-refractivity contribution in [2.45, 2.75) is 32.6 Å². The van der Waals surface area contributed by atoms with E-state index in [1.807, 2.05) is 22.7 Å². The number of fused-ring (bicyclic) bond motifs is 1. The van der Waals surface area contributed by atoms with Crippen LogP contribution in [0.2, 0.25) is 0 Å². The van der Waals surface area contributed by atoms with Gasteiger partial charge in [0.05, 0.1) is 14.2 Å². The Hall–Kier alpha value is -2.15. The lowest BCUT2D eigenvalue weighted by molar-refractivity contribution is 0.354. The van der Waals surface area contributed by atoms with Gasteiger partial charge in [0.2, 0.25) is 4.96 Å². The molecule has 0 bridgehead atoms. The molecule has 0 aliphatic carbocycles. The molecular weight excluding hydrogens is 312 g/mol. The Labute approximate surface area is 139 Å². The highest BCUT2D eigenvalue weighted by molar-refractivity contribution is 7.16. The van der Waals surface area contributed by atoms with E-state index >= 15 is 0 Å². The molecular formula is C16H20N4O2S. The third kappa shape index (κ3) is 3.01. The monoisotopic (exact) mass is 332 g/mol. The van der Waals surface area contributed by atoms with Gasteiger partial charge in [-0.15, -0.1) is 10.2 Å². The van der Waals surface area contributed by atoms with Gasteiger partial charge in [0.15, 0.2) is 17.3 Å². The molecule has 0 radical (unpaired) electrons. The van der Waals surface area contributed by atoms with E-state index in [1.165, 1.54) is 0 Å². The fraction of sp³-hybridized carbons (Fsp3) is 0.438. The van der Waals surface area contributed by atoms with Crippen LogP contribution in [-0.2, 0) is 11.8 Å². The van der Waals surface area contributed by atoms with Crippen molar-refractivity contribution in [1.82, 2.24) is 19.8 Å². The zero-order valence-corrected chi connectivity index (χ0v) is 14.8. The summed E-state index contributed by atoms with van der Waals surface area (Å²) in [5, 5.41) is 14.1. The molecule has 2 heterocycles. The van der Waals surface area contributed by atoms with Crippen LogP contribution in [0.3, 0.4) is 0 Å². The molecule has 0 amide bonds. The summed E-state index contributed by atoms with van der Waals surface area (Å²) in [5.74, 6) is 2.33. The maximum atomic E-state index is 5.35. The largest absolute Gasteiger partial charge is 0.493 e. The van der Waals surface area contributed by atoms with Crippen LogP contribution in [0.4, 0.5) is 0 Å². The fourth-order valence-electron chi connectivity index (χ4n) is 2.36. The van der Waals surface area contributed by atoms with Crippen LogP contribution in [0.1, 0.15) is 37.2 Å². The van der Waals surface area contributed by atoms with E-state index in [1.54, 1.807) is 25.6 Å². The zero-order chi connectivity index (χ0) is 16.6. The maximum absolute atomic E-state index is 5.35. The molecule has 0 atom stereocenters. The molecule has 1 aromatic carbocycles. The van der Waals surface area contributed by atoms with E-state index in [4.69, 9.17) is 9.47 Å². The van der Waals surface area contributed by atoms with Gasteiger partial charge in [-0.1, -0.05) is 38.2 Å². The first-order chi connectivity index (χ1) is 10.9. The smallest absolute Gasteiger partial charge is 0.234 e. The normalized spacial score (nSPS) is 11.9. The average molecular weight is 332 g/mol. The summed E-state index contributed by atoms with van der Waals surface area (Å²) in [5.41, 5.74) is 1.03. The Balaban J connectivity index is 1.91. The Morgan fingerprint density at radius 3 is 2.48 bits per heavy atom. The standard InChI is InChI=1S/C16H20N4O2S/c1-16(2,3)14-17-18-15-20(14)19-13(23-15)9-10-6-7-11(21-4)12(8-10)22-5/h6-8H,9H2,1-5H3. The molecule has 3 rings (SSSR count). The summed E-state index contributed by atoms with van der Waals surface area (Å²) < 4.78 is 12.5. The first-order valence-corrected chi connectivity index (χ1v) is 8.16. The highest BCUT2D eigenvalue weighted by Crippen LogP contribution is 2.29. The van der Waals surface area contributed by atoms with Crippen LogP contribution in [0.25, 0.3) is 4.96 Å². The molecule has 0 N–H and O–H groups in total.